The first-order chi connectivity index (χ1) is 14.2. The lowest BCUT2D eigenvalue weighted by atomic mass is 9.59. The number of allylic oxidation sites excluding steroid dienone is 2. The molecule has 0 aromatic heterocycles. The molecule has 2 atom stereocenters. The molecule has 0 radical (unpaired) electrons. The van der Waals surface area contributed by atoms with E-state index < -0.39 is 15.3 Å². The Balaban J connectivity index is 1.74. The van der Waals surface area contributed by atoms with Crippen molar-refractivity contribution in [1.82, 2.24) is 5.32 Å². The standard InChI is InChI=1S/C23H27N3O3S/c1-4-23(14-6-5-7-16(10-14)30(28,29)15-8-9-15)17-13-24-26-21(17)25-18-11-22(2,3)12-19(27)20(18)23/h5-7,10,13,15,21,25H,4,8-9,11-12H2,1-3H3. The summed E-state index contributed by atoms with van der Waals surface area (Å²) in [7, 11) is -3.33. The van der Waals surface area contributed by atoms with E-state index >= 15 is 0 Å². The largest absolute Gasteiger partial charge is 0.362 e. The van der Waals surface area contributed by atoms with E-state index in [1.165, 1.54) is 0 Å². The van der Waals surface area contributed by atoms with Crippen LogP contribution in [0.3, 0.4) is 0 Å². The van der Waals surface area contributed by atoms with Crippen LogP contribution in [0.2, 0.25) is 0 Å². The molecule has 2 aliphatic heterocycles. The summed E-state index contributed by atoms with van der Waals surface area (Å²) in [5, 5.41) is 11.7. The highest BCUT2D eigenvalue weighted by Crippen LogP contribution is 2.54. The molecule has 7 heteroatoms. The molecule has 0 bridgehead atoms. The Hall–Kier alpha value is -2.28. The molecule has 2 heterocycles. The minimum Gasteiger partial charge on any atom is -0.362 e. The average molecular weight is 426 g/mol. The summed E-state index contributed by atoms with van der Waals surface area (Å²) >= 11 is 0. The summed E-state index contributed by atoms with van der Waals surface area (Å²) in [6, 6.07) is 7.23. The summed E-state index contributed by atoms with van der Waals surface area (Å²) in [6.45, 7) is 6.27. The number of sulfone groups is 1. The minimum atomic E-state index is -3.33. The van der Waals surface area contributed by atoms with Gasteiger partial charge in [-0.05, 0) is 48.8 Å². The van der Waals surface area contributed by atoms with Gasteiger partial charge in [0.2, 0.25) is 0 Å². The molecule has 158 valence electrons. The molecule has 6 nitrogen and oxygen atoms in total. The van der Waals surface area contributed by atoms with Gasteiger partial charge in [0.05, 0.1) is 21.8 Å². The van der Waals surface area contributed by atoms with Crippen LogP contribution in [0.1, 0.15) is 58.4 Å². The number of nitrogens with one attached hydrogen (secondary N) is 1. The Morgan fingerprint density at radius 2 is 1.97 bits per heavy atom. The maximum Gasteiger partial charge on any atom is 0.181 e. The number of carbonyl (C=O) groups excluding carboxylic acids is 1. The highest BCUT2D eigenvalue weighted by molar-refractivity contribution is 7.92. The SMILES string of the molecule is CCC1(c2cccc(S(=O)(=O)C3CC3)c2)C2=CN=NC2NC2=C1C(=O)CC(C)(C)C2. The first-order valence-corrected chi connectivity index (χ1v) is 12.2. The highest BCUT2D eigenvalue weighted by Gasteiger charge is 2.53. The van der Waals surface area contributed by atoms with E-state index in [1.807, 2.05) is 6.07 Å². The van der Waals surface area contributed by atoms with Gasteiger partial charge < -0.3 is 5.32 Å². The number of azo groups is 1. The fourth-order valence-corrected chi connectivity index (χ4v) is 7.10. The van der Waals surface area contributed by atoms with E-state index in [2.05, 4.69) is 36.3 Å². The van der Waals surface area contributed by atoms with Gasteiger partial charge in [-0.25, -0.2) is 8.42 Å². The minimum absolute atomic E-state index is 0.123. The van der Waals surface area contributed by atoms with Crippen molar-refractivity contribution in [3.8, 4) is 0 Å². The number of Topliss-reactive ketones (excluding diaryl/α,β-unsaturated/α-hetero) is 1. The maximum absolute atomic E-state index is 13.5. The molecular weight excluding hydrogens is 398 g/mol. The van der Waals surface area contributed by atoms with Gasteiger partial charge in [-0.2, -0.15) is 10.2 Å². The lowest BCUT2D eigenvalue weighted by Crippen LogP contribution is -2.51. The molecule has 0 spiro atoms. The van der Waals surface area contributed by atoms with Crippen LogP contribution in [-0.2, 0) is 20.0 Å². The fourth-order valence-electron chi connectivity index (χ4n) is 5.40. The van der Waals surface area contributed by atoms with E-state index in [4.69, 9.17) is 0 Å². The highest BCUT2D eigenvalue weighted by atomic mass is 32.2. The molecule has 0 amide bonds. The zero-order valence-corrected chi connectivity index (χ0v) is 18.4. The van der Waals surface area contributed by atoms with Crippen molar-refractivity contribution in [3.05, 3.63) is 52.9 Å². The lowest BCUT2D eigenvalue weighted by molar-refractivity contribution is -0.119. The number of fused-ring (bicyclic) bond motifs is 1. The quantitative estimate of drug-likeness (QED) is 0.783. The van der Waals surface area contributed by atoms with E-state index in [9.17, 15) is 13.2 Å². The maximum atomic E-state index is 13.5. The molecule has 2 unspecified atom stereocenters. The Morgan fingerprint density at radius 3 is 2.67 bits per heavy atom. The van der Waals surface area contributed by atoms with Crippen LogP contribution in [0.25, 0.3) is 0 Å². The van der Waals surface area contributed by atoms with Gasteiger partial charge in [0.25, 0.3) is 0 Å². The van der Waals surface area contributed by atoms with Crippen molar-refractivity contribution in [3.63, 3.8) is 0 Å². The third kappa shape index (κ3) is 2.74. The van der Waals surface area contributed by atoms with Crippen molar-refractivity contribution in [2.24, 2.45) is 15.6 Å². The Labute approximate surface area is 177 Å². The monoisotopic (exact) mass is 425 g/mol. The van der Waals surface area contributed by atoms with E-state index in [0.717, 1.165) is 41.7 Å². The summed E-state index contributed by atoms with van der Waals surface area (Å²) in [4.78, 5) is 13.8. The third-order valence-corrected chi connectivity index (χ3v) is 9.19. The van der Waals surface area contributed by atoms with Gasteiger partial charge in [-0.1, -0.05) is 32.9 Å². The van der Waals surface area contributed by atoms with Gasteiger partial charge in [0.1, 0.15) is 0 Å². The molecular formula is C23H27N3O3S. The lowest BCUT2D eigenvalue weighted by Gasteiger charge is -2.47. The van der Waals surface area contributed by atoms with Crippen molar-refractivity contribution < 1.29 is 13.2 Å². The molecule has 30 heavy (non-hydrogen) atoms. The molecule has 1 N–H and O–H groups in total. The number of nitrogens with zero attached hydrogens (tertiary/aromatic N) is 2. The van der Waals surface area contributed by atoms with Crippen molar-refractivity contribution in [2.75, 3.05) is 0 Å². The smallest absolute Gasteiger partial charge is 0.181 e. The van der Waals surface area contributed by atoms with Crippen LogP contribution in [0, 0.1) is 5.41 Å². The number of ketones is 1. The Morgan fingerprint density at radius 1 is 1.20 bits per heavy atom. The molecule has 2 aliphatic carbocycles. The molecule has 1 fully saturated rings. The van der Waals surface area contributed by atoms with Crippen LogP contribution in [0.5, 0.6) is 0 Å². The van der Waals surface area contributed by atoms with Crippen LogP contribution in [0.4, 0.5) is 0 Å². The molecule has 1 aromatic rings. The number of carbonyl (C=O) groups is 1. The molecule has 5 rings (SSSR count). The number of benzene rings is 1. The van der Waals surface area contributed by atoms with Crippen LogP contribution >= 0.6 is 0 Å². The number of hydrogen-bond acceptors (Lipinski definition) is 6. The van der Waals surface area contributed by atoms with Gasteiger partial charge in [0, 0.05) is 23.3 Å². The second-order valence-corrected chi connectivity index (χ2v) is 11.9. The predicted octanol–water partition coefficient (Wildman–Crippen LogP) is 4.19. The number of hydrogen-bond donors (Lipinski definition) is 1. The van der Waals surface area contributed by atoms with Crippen molar-refractivity contribution in [1.29, 1.82) is 0 Å². The number of rotatable bonds is 4. The topological polar surface area (TPSA) is 88.0 Å². The van der Waals surface area contributed by atoms with Crippen LogP contribution < -0.4 is 5.32 Å². The zero-order chi connectivity index (χ0) is 21.3. The first-order valence-electron chi connectivity index (χ1n) is 10.7. The van der Waals surface area contributed by atoms with Gasteiger partial charge in [0.15, 0.2) is 21.8 Å². The Kier molecular flexibility index (Phi) is 4.17. The summed E-state index contributed by atoms with van der Waals surface area (Å²) < 4.78 is 25.9. The third-order valence-electron chi connectivity index (χ3n) is 6.93. The predicted molar refractivity (Wildman–Crippen MR) is 114 cm³/mol. The zero-order valence-electron chi connectivity index (χ0n) is 17.6. The van der Waals surface area contributed by atoms with Gasteiger partial charge >= 0.3 is 0 Å². The second-order valence-electron chi connectivity index (χ2n) is 9.69. The molecule has 1 saturated carbocycles. The van der Waals surface area contributed by atoms with Gasteiger partial charge in [-0.15, -0.1) is 0 Å². The van der Waals surface area contributed by atoms with Crippen LogP contribution in [0.15, 0.2) is 62.4 Å². The molecule has 0 saturated heterocycles. The van der Waals surface area contributed by atoms with Crippen molar-refractivity contribution in [2.45, 2.75) is 74.6 Å². The first kappa shape index (κ1) is 19.7. The van der Waals surface area contributed by atoms with E-state index in [0.29, 0.717) is 17.7 Å². The summed E-state index contributed by atoms with van der Waals surface area (Å²) in [5.74, 6) is 0.123. The Bertz CT molecular complexity index is 1140. The summed E-state index contributed by atoms with van der Waals surface area (Å²) in [6.07, 6.45) is 4.76. The van der Waals surface area contributed by atoms with Crippen molar-refractivity contribution >= 4 is 15.6 Å². The normalized spacial score (nSPS) is 29.9. The van der Waals surface area contributed by atoms with Gasteiger partial charge in [-0.3, -0.25) is 4.79 Å². The van der Waals surface area contributed by atoms with E-state index in [1.54, 1.807) is 24.4 Å². The summed E-state index contributed by atoms with van der Waals surface area (Å²) in [5.41, 5.74) is 2.63. The molecule has 1 aromatic carbocycles. The fraction of sp³-hybridized carbons (Fsp3) is 0.522. The van der Waals surface area contributed by atoms with Crippen LogP contribution in [-0.4, -0.2) is 25.6 Å². The second kappa shape index (κ2) is 6.36. The average Bonchev–Trinajstić information content (AvgIpc) is 3.45. The molecule has 4 aliphatic rings. The van der Waals surface area contributed by atoms with E-state index in [-0.39, 0.29) is 22.6 Å².